The maximum Gasteiger partial charge on any atom is 0.126 e. The Kier molecular flexibility index (Phi) is 5.00. The van der Waals surface area contributed by atoms with Crippen LogP contribution < -0.4 is 5.32 Å². The molecule has 2 aliphatic rings. The van der Waals surface area contributed by atoms with Crippen LogP contribution in [0.2, 0.25) is 0 Å². The minimum atomic E-state index is -0.0651. The van der Waals surface area contributed by atoms with Crippen molar-refractivity contribution in [2.45, 2.75) is 51.5 Å². The lowest BCUT2D eigenvalue weighted by Crippen LogP contribution is -2.41. The predicted octanol–water partition coefficient (Wildman–Crippen LogP) is 4.94. The second-order valence-corrected chi connectivity index (χ2v) is 7.75. The largest absolute Gasteiger partial charge is 0.313 e. The van der Waals surface area contributed by atoms with E-state index in [9.17, 15) is 4.39 Å². The van der Waals surface area contributed by atoms with Gasteiger partial charge >= 0.3 is 0 Å². The van der Waals surface area contributed by atoms with Crippen LogP contribution in [-0.2, 0) is 6.42 Å². The molecular formula is C18H25BrFN. The van der Waals surface area contributed by atoms with Crippen LogP contribution in [0.4, 0.5) is 4.39 Å². The van der Waals surface area contributed by atoms with Gasteiger partial charge in [-0.25, -0.2) is 4.39 Å². The first-order chi connectivity index (χ1) is 10.2. The molecule has 0 aromatic heterocycles. The summed E-state index contributed by atoms with van der Waals surface area (Å²) in [5, 5.41) is 3.71. The molecule has 0 aliphatic heterocycles. The Morgan fingerprint density at radius 2 is 2.19 bits per heavy atom. The number of hydrogen-bond donors (Lipinski definition) is 1. The summed E-state index contributed by atoms with van der Waals surface area (Å²) >= 11 is 3.47. The van der Waals surface area contributed by atoms with Gasteiger partial charge < -0.3 is 5.32 Å². The molecular weight excluding hydrogens is 329 g/mol. The molecule has 4 atom stereocenters. The Morgan fingerprint density at radius 3 is 2.86 bits per heavy atom. The summed E-state index contributed by atoms with van der Waals surface area (Å²) < 4.78 is 15.1. The number of halogens is 2. The highest BCUT2D eigenvalue weighted by Crippen LogP contribution is 2.50. The van der Waals surface area contributed by atoms with E-state index in [4.69, 9.17) is 0 Å². The molecule has 1 N–H and O–H groups in total. The van der Waals surface area contributed by atoms with Crippen LogP contribution in [-0.4, -0.2) is 12.6 Å². The van der Waals surface area contributed by atoms with Gasteiger partial charge in [-0.2, -0.15) is 0 Å². The normalized spacial score (nSPS) is 29.0. The quantitative estimate of drug-likeness (QED) is 0.763. The smallest absolute Gasteiger partial charge is 0.126 e. The summed E-state index contributed by atoms with van der Waals surface area (Å²) in [4.78, 5) is 0. The summed E-state index contributed by atoms with van der Waals surface area (Å²) in [7, 11) is 0. The van der Waals surface area contributed by atoms with Crippen LogP contribution in [0.25, 0.3) is 0 Å². The van der Waals surface area contributed by atoms with Gasteiger partial charge in [-0.3, -0.25) is 0 Å². The van der Waals surface area contributed by atoms with Gasteiger partial charge in [0.15, 0.2) is 0 Å². The first kappa shape index (κ1) is 15.5. The first-order valence-electron chi connectivity index (χ1n) is 8.34. The van der Waals surface area contributed by atoms with Gasteiger partial charge in [0.25, 0.3) is 0 Å². The van der Waals surface area contributed by atoms with E-state index in [2.05, 4.69) is 28.2 Å². The van der Waals surface area contributed by atoms with Crippen molar-refractivity contribution in [3.05, 3.63) is 34.1 Å². The minimum Gasteiger partial charge on any atom is -0.313 e. The fraction of sp³-hybridized carbons (Fsp3) is 0.667. The van der Waals surface area contributed by atoms with Crippen molar-refractivity contribution in [2.75, 3.05) is 6.54 Å². The van der Waals surface area contributed by atoms with E-state index in [1.165, 1.54) is 25.7 Å². The lowest BCUT2D eigenvalue weighted by Gasteiger charge is -2.31. The third-order valence-electron chi connectivity index (χ3n) is 5.41. The molecule has 1 aromatic carbocycles. The topological polar surface area (TPSA) is 12.0 Å². The highest BCUT2D eigenvalue weighted by molar-refractivity contribution is 9.10. The third kappa shape index (κ3) is 3.50. The van der Waals surface area contributed by atoms with Crippen molar-refractivity contribution < 1.29 is 4.39 Å². The fourth-order valence-electron chi connectivity index (χ4n) is 4.43. The monoisotopic (exact) mass is 353 g/mol. The standard InChI is InChI=1S/C18H25BrFN/c1-2-7-21-18(16-9-12-3-4-13(16)8-12)11-14-10-15(19)5-6-17(14)20/h5-6,10,12-13,16,18,21H,2-4,7-9,11H2,1H3. The molecule has 0 saturated heterocycles. The third-order valence-corrected chi connectivity index (χ3v) is 5.91. The van der Waals surface area contributed by atoms with Crippen LogP contribution in [0, 0.1) is 23.6 Å². The summed E-state index contributed by atoms with van der Waals surface area (Å²) in [5.41, 5.74) is 0.848. The molecule has 3 rings (SSSR count). The molecule has 21 heavy (non-hydrogen) atoms. The number of hydrogen-bond acceptors (Lipinski definition) is 1. The molecule has 2 saturated carbocycles. The summed E-state index contributed by atoms with van der Waals surface area (Å²) in [5.74, 6) is 2.50. The molecule has 0 amide bonds. The molecule has 0 heterocycles. The Hall–Kier alpha value is -0.410. The highest BCUT2D eigenvalue weighted by Gasteiger charge is 2.42. The number of nitrogens with one attached hydrogen (secondary N) is 1. The van der Waals surface area contributed by atoms with E-state index in [-0.39, 0.29) is 5.82 Å². The Balaban J connectivity index is 1.74. The van der Waals surface area contributed by atoms with Gasteiger partial charge in [-0.1, -0.05) is 29.3 Å². The number of fused-ring (bicyclic) bond motifs is 2. The van der Waals surface area contributed by atoms with Crippen LogP contribution in [0.5, 0.6) is 0 Å². The van der Waals surface area contributed by atoms with Gasteiger partial charge in [0.1, 0.15) is 5.82 Å². The van der Waals surface area contributed by atoms with Crippen molar-refractivity contribution >= 4 is 15.9 Å². The Morgan fingerprint density at radius 1 is 1.33 bits per heavy atom. The lowest BCUT2D eigenvalue weighted by molar-refractivity contribution is 0.245. The molecule has 0 radical (unpaired) electrons. The van der Waals surface area contributed by atoms with E-state index in [1.54, 1.807) is 12.1 Å². The molecule has 116 valence electrons. The average Bonchev–Trinajstić information content (AvgIpc) is 3.09. The number of benzene rings is 1. The van der Waals surface area contributed by atoms with Crippen molar-refractivity contribution in [1.82, 2.24) is 5.32 Å². The zero-order valence-electron chi connectivity index (χ0n) is 12.7. The van der Waals surface area contributed by atoms with Crippen LogP contribution in [0.1, 0.15) is 44.6 Å². The summed E-state index contributed by atoms with van der Waals surface area (Å²) in [6.07, 6.45) is 7.53. The molecule has 1 nitrogen and oxygen atoms in total. The maximum atomic E-state index is 14.1. The summed E-state index contributed by atoms with van der Waals surface area (Å²) in [6.45, 7) is 3.23. The molecule has 2 aliphatic carbocycles. The van der Waals surface area contributed by atoms with E-state index >= 15 is 0 Å². The zero-order chi connectivity index (χ0) is 14.8. The van der Waals surface area contributed by atoms with Crippen LogP contribution in [0.15, 0.2) is 22.7 Å². The SMILES string of the molecule is CCCNC(Cc1cc(Br)ccc1F)C1CC2CCC1C2. The minimum absolute atomic E-state index is 0.0651. The molecule has 2 fully saturated rings. The van der Waals surface area contributed by atoms with Gasteiger partial charge in [0.2, 0.25) is 0 Å². The summed E-state index contributed by atoms with van der Waals surface area (Å²) in [6, 6.07) is 5.74. The van der Waals surface area contributed by atoms with E-state index < -0.39 is 0 Å². The first-order valence-corrected chi connectivity index (χ1v) is 9.14. The van der Waals surface area contributed by atoms with Gasteiger partial charge in [-0.05, 0) is 80.2 Å². The van der Waals surface area contributed by atoms with Crippen LogP contribution >= 0.6 is 15.9 Å². The van der Waals surface area contributed by atoms with E-state index in [1.807, 2.05) is 6.07 Å². The lowest BCUT2D eigenvalue weighted by atomic mass is 9.81. The van der Waals surface area contributed by atoms with Gasteiger partial charge in [0, 0.05) is 10.5 Å². The van der Waals surface area contributed by atoms with E-state index in [0.717, 1.165) is 47.2 Å². The Bertz CT molecular complexity index is 490. The van der Waals surface area contributed by atoms with Crippen molar-refractivity contribution in [1.29, 1.82) is 0 Å². The molecule has 0 spiro atoms. The molecule has 2 bridgehead atoms. The Labute approximate surface area is 135 Å². The number of rotatable bonds is 6. The molecule has 3 heteroatoms. The van der Waals surface area contributed by atoms with Gasteiger partial charge in [0.05, 0.1) is 0 Å². The van der Waals surface area contributed by atoms with Crippen molar-refractivity contribution in [3.63, 3.8) is 0 Å². The van der Waals surface area contributed by atoms with Crippen molar-refractivity contribution in [2.24, 2.45) is 17.8 Å². The molecule has 1 aromatic rings. The molecule has 4 unspecified atom stereocenters. The average molecular weight is 354 g/mol. The van der Waals surface area contributed by atoms with Crippen LogP contribution in [0.3, 0.4) is 0 Å². The van der Waals surface area contributed by atoms with Gasteiger partial charge in [-0.15, -0.1) is 0 Å². The second kappa shape index (κ2) is 6.78. The van der Waals surface area contributed by atoms with Crippen molar-refractivity contribution in [3.8, 4) is 0 Å². The fourth-order valence-corrected chi connectivity index (χ4v) is 4.84. The van der Waals surface area contributed by atoms with E-state index in [0.29, 0.717) is 6.04 Å². The predicted molar refractivity (Wildman–Crippen MR) is 88.8 cm³/mol. The highest BCUT2D eigenvalue weighted by atomic mass is 79.9. The second-order valence-electron chi connectivity index (χ2n) is 6.84. The zero-order valence-corrected chi connectivity index (χ0v) is 14.3. The maximum absolute atomic E-state index is 14.1.